The van der Waals surface area contributed by atoms with Crippen LogP contribution in [0.25, 0.3) is 0 Å². The maximum atomic E-state index is 5.14. The molecule has 0 aromatic rings. The molecule has 2 N–H and O–H groups in total. The second kappa shape index (κ2) is 4.21. The Morgan fingerprint density at radius 2 is 2.33 bits per heavy atom. The second-order valence-corrected chi connectivity index (χ2v) is 1.98. The van der Waals surface area contributed by atoms with E-state index in [-0.39, 0.29) is 0 Å². The molecule has 9 heavy (non-hydrogen) atoms. The topological polar surface area (TPSA) is 38.4 Å². The predicted molar refractivity (Wildman–Crippen MR) is 44.6 cm³/mol. The van der Waals surface area contributed by atoms with Crippen molar-refractivity contribution in [2.24, 2.45) is 10.7 Å². The molecule has 0 aliphatic rings. The third-order valence-electron chi connectivity index (χ3n) is 0.658. The van der Waals surface area contributed by atoms with Crippen molar-refractivity contribution in [2.45, 2.75) is 6.92 Å². The first-order chi connectivity index (χ1) is 4.16. The third kappa shape index (κ3) is 5.17. The fourth-order valence-electron chi connectivity index (χ4n) is 0.224. The van der Waals surface area contributed by atoms with Crippen LogP contribution in [0.15, 0.2) is 28.4 Å². The van der Waals surface area contributed by atoms with Gasteiger partial charge in [-0.1, -0.05) is 12.7 Å². The van der Waals surface area contributed by atoms with Crippen LogP contribution < -0.4 is 5.73 Å². The number of hydrogen-bond acceptors (Lipinski definition) is 3. The molecule has 0 aliphatic carbocycles. The van der Waals surface area contributed by atoms with Crippen LogP contribution >= 0.6 is 12.6 Å². The molecule has 0 spiro atoms. The highest BCUT2D eigenvalue weighted by Gasteiger charge is 1.78. The van der Waals surface area contributed by atoms with Gasteiger partial charge >= 0.3 is 0 Å². The van der Waals surface area contributed by atoms with E-state index in [0.29, 0.717) is 5.82 Å². The summed E-state index contributed by atoms with van der Waals surface area (Å²) < 4.78 is 0. The SMILES string of the molecule is C=C(N)/N=C\C(S)=C/C. The molecule has 0 amide bonds. The largest absolute Gasteiger partial charge is 0.384 e. The average Bonchev–Trinajstić information content (AvgIpc) is 1.83. The van der Waals surface area contributed by atoms with Gasteiger partial charge in [0.05, 0.1) is 0 Å². The highest BCUT2D eigenvalue weighted by molar-refractivity contribution is 7.85. The lowest BCUT2D eigenvalue weighted by Crippen LogP contribution is -1.89. The van der Waals surface area contributed by atoms with Crippen LogP contribution in [0.5, 0.6) is 0 Å². The average molecular weight is 142 g/mol. The first-order valence-corrected chi connectivity index (χ1v) is 2.95. The zero-order valence-electron chi connectivity index (χ0n) is 5.33. The van der Waals surface area contributed by atoms with Crippen LogP contribution in [-0.4, -0.2) is 6.21 Å². The molecule has 0 bridgehead atoms. The van der Waals surface area contributed by atoms with E-state index in [9.17, 15) is 0 Å². The molecule has 0 fully saturated rings. The van der Waals surface area contributed by atoms with Gasteiger partial charge in [0.25, 0.3) is 0 Å². The van der Waals surface area contributed by atoms with Gasteiger partial charge in [0.2, 0.25) is 0 Å². The summed E-state index contributed by atoms with van der Waals surface area (Å²) in [6, 6.07) is 0. The second-order valence-electron chi connectivity index (χ2n) is 1.46. The Kier molecular flexibility index (Phi) is 3.88. The van der Waals surface area contributed by atoms with E-state index in [1.54, 1.807) is 6.21 Å². The molecule has 0 aromatic heterocycles. The van der Waals surface area contributed by atoms with Gasteiger partial charge in [-0.3, -0.25) is 0 Å². The number of nitrogens with two attached hydrogens (primary N) is 1. The van der Waals surface area contributed by atoms with Gasteiger partial charge in [-0.05, 0) is 6.92 Å². The fraction of sp³-hybridized carbons (Fsp3) is 0.167. The highest BCUT2D eigenvalue weighted by atomic mass is 32.1. The van der Waals surface area contributed by atoms with E-state index in [0.717, 1.165) is 4.91 Å². The zero-order valence-corrected chi connectivity index (χ0v) is 6.23. The minimum Gasteiger partial charge on any atom is -0.384 e. The molecule has 2 nitrogen and oxygen atoms in total. The Labute approximate surface area is 60.6 Å². The number of rotatable bonds is 2. The van der Waals surface area contributed by atoms with E-state index >= 15 is 0 Å². The number of allylic oxidation sites excluding steroid dienone is 2. The van der Waals surface area contributed by atoms with E-state index in [4.69, 9.17) is 5.73 Å². The monoisotopic (exact) mass is 142 g/mol. The maximum Gasteiger partial charge on any atom is 0.116 e. The molecule has 0 aliphatic heterocycles. The summed E-state index contributed by atoms with van der Waals surface area (Å²) in [4.78, 5) is 4.49. The van der Waals surface area contributed by atoms with Gasteiger partial charge < -0.3 is 5.73 Å². The summed E-state index contributed by atoms with van der Waals surface area (Å²) in [6.07, 6.45) is 3.36. The van der Waals surface area contributed by atoms with Crippen molar-refractivity contribution in [3.8, 4) is 0 Å². The van der Waals surface area contributed by atoms with Gasteiger partial charge in [-0.15, -0.1) is 12.6 Å². The molecule has 0 heterocycles. The predicted octanol–water partition coefficient (Wildman–Crippen LogP) is 1.32. The summed E-state index contributed by atoms with van der Waals surface area (Å²) in [6.45, 7) is 5.25. The minimum absolute atomic E-state index is 0.295. The fourth-order valence-corrected chi connectivity index (χ4v) is 0.281. The normalized spacial score (nSPS) is 12.4. The van der Waals surface area contributed by atoms with Gasteiger partial charge in [-0.2, -0.15) is 0 Å². The van der Waals surface area contributed by atoms with Crippen molar-refractivity contribution in [1.29, 1.82) is 0 Å². The molecule has 0 aromatic carbocycles. The van der Waals surface area contributed by atoms with Crippen molar-refractivity contribution >= 4 is 18.8 Å². The van der Waals surface area contributed by atoms with E-state index in [1.165, 1.54) is 0 Å². The first kappa shape index (κ1) is 8.30. The van der Waals surface area contributed by atoms with Crippen molar-refractivity contribution in [2.75, 3.05) is 0 Å². The Hall–Kier alpha value is -0.700. The van der Waals surface area contributed by atoms with E-state index in [2.05, 4.69) is 24.2 Å². The number of thiol groups is 1. The van der Waals surface area contributed by atoms with Crippen LogP contribution in [0.1, 0.15) is 6.92 Å². The summed E-state index contributed by atoms with van der Waals surface area (Å²) in [7, 11) is 0. The molecule has 3 heteroatoms. The van der Waals surface area contributed by atoms with Crippen molar-refractivity contribution in [3.05, 3.63) is 23.4 Å². The lowest BCUT2D eigenvalue weighted by molar-refractivity contribution is 1.27. The maximum absolute atomic E-state index is 5.14. The summed E-state index contributed by atoms with van der Waals surface area (Å²) in [5.41, 5.74) is 5.14. The summed E-state index contributed by atoms with van der Waals surface area (Å²) >= 11 is 4.02. The lowest BCUT2D eigenvalue weighted by atomic mass is 10.5. The minimum atomic E-state index is 0.295. The molecular weight excluding hydrogens is 132 g/mol. The number of nitrogens with zero attached hydrogens (tertiary/aromatic N) is 1. The molecule has 0 saturated carbocycles. The van der Waals surface area contributed by atoms with Crippen LogP contribution in [0.4, 0.5) is 0 Å². The first-order valence-electron chi connectivity index (χ1n) is 2.50. The highest BCUT2D eigenvalue weighted by Crippen LogP contribution is 1.94. The molecule has 0 rings (SSSR count). The molecule has 0 radical (unpaired) electrons. The van der Waals surface area contributed by atoms with Crippen molar-refractivity contribution in [1.82, 2.24) is 0 Å². The van der Waals surface area contributed by atoms with Crippen LogP contribution in [-0.2, 0) is 0 Å². The van der Waals surface area contributed by atoms with Gasteiger partial charge in [0.1, 0.15) is 5.82 Å². The summed E-state index contributed by atoms with van der Waals surface area (Å²) in [5, 5.41) is 0. The van der Waals surface area contributed by atoms with Gasteiger partial charge in [-0.25, -0.2) is 4.99 Å². The third-order valence-corrected chi connectivity index (χ3v) is 1.03. The van der Waals surface area contributed by atoms with Crippen LogP contribution in [0.3, 0.4) is 0 Å². The van der Waals surface area contributed by atoms with E-state index < -0.39 is 0 Å². The molecular formula is C6H10N2S. The number of aliphatic imine (C=N–C) groups is 1. The molecule has 0 saturated heterocycles. The van der Waals surface area contributed by atoms with Crippen molar-refractivity contribution in [3.63, 3.8) is 0 Å². The Morgan fingerprint density at radius 1 is 1.78 bits per heavy atom. The number of hydrogen-bond donors (Lipinski definition) is 2. The van der Waals surface area contributed by atoms with Gasteiger partial charge in [0.15, 0.2) is 0 Å². The standard InChI is InChI=1S/C6H10N2S/c1-3-6(9)4-8-5(2)7/h3-4,9H,2,7H2,1H3/b6-3+,8-4-. The molecule has 50 valence electrons. The Balaban J connectivity index is 3.86. The summed E-state index contributed by atoms with van der Waals surface area (Å²) in [5.74, 6) is 0.295. The smallest absolute Gasteiger partial charge is 0.116 e. The quantitative estimate of drug-likeness (QED) is 0.443. The lowest BCUT2D eigenvalue weighted by Gasteiger charge is -1.86. The van der Waals surface area contributed by atoms with E-state index in [1.807, 2.05) is 13.0 Å². The molecule has 0 unspecified atom stereocenters. The van der Waals surface area contributed by atoms with Crippen LogP contribution in [0, 0.1) is 0 Å². The molecule has 0 atom stereocenters. The Morgan fingerprint density at radius 3 is 2.67 bits per heavy atom. The van der Waals surface area contributed by atoms with Crippen LogP contribution in [0.2, 0.25) is 0 Å². The zero-order chi connectivity index (χ0) is 7.28. The van der Waals surface area contributed by atoms with Crippen molar-refractivity contribution < 1.29 is 0 Å². The Bertz CT molecular complexity index is 158. The van der Waals surface area contributed by atoms with Gasteiger partial charge in [0, 0.05) is 11.1 Å².